The summed E-state index contributed by atoms with van der Waals surface area (Å²) in [5.74, 6) is -0.791. The van der Waals surface area contributed by atoms with Gasteiger partial charge in [-0.05, 0) is 19.1 Å². The number of hydrogen-bond acceptors (Lipinski definition) is 2. The molecule has 82 valence electrons. The van der Waals surface area contributed by atoms with Crippen molar-refractivity contribution in [1.29, 1.82) is 0 Å². The molecule has 0 radical (unpaired) electrons. The third kappa shape index (κ3) is 3.44. The Hall–Kier alpha value is -1.22. The molecule has 4 heteroatoms. The number of anilines is 1. The van der Waals surface area contributed by atoms with Gasteiger partial charge in [0.2, 0.25) is 0 Å². The lowest BCUT2D eigenvalue weighted by Crippen LogP contribution is -2.25. The van der Waals surface area contributed by atoms with E-state index in [4.69, 9.17) is 16.7 Å². The first-order chi connectivity index (χ1) is 7.15. The molecule has 0 saturated heterocycles. The minimum atomic E-state index is -0.791. The fraction of sp³-hybridized carbons (Fsp3) is 0.364. The molecule has 0 aliphatic carbocycles. The molecule has 0 atom stereocenters. The highest BCUT2D eigenvalue weighted by atomic mass is 35.5. The monoisotopic (exact) mass is 227 g/mol. The average Bonchev–Trinajstić information content (AvgIpc) is 2.21. The third-order valence-corrected chi connectivity index (χ3v) is 2.49. The largest absolute Gasteiger partial charge is 0.481 e. The van der Waals surface area contributed by atoms with Crippen LogP contribution in [0.4, 0.5) is 5.69 Å². The van der Waals surface area contributed by atoms with Crippen LogP contribution < -0.4 is 4.90 Å². The molecular formula is C11H14ClNO2. The summed E-state index contributed by atoms with van der Waals surface area (Å²) in [7, 11) is 0. The van der Waals surface area contributed by atoms with Crippen LogP contribution in [0.5, 0.6) is 0 Å². The minimum absolute atomic E-state index is 0.124. The molecular weight excluding hydrogens is 214 g/mol. The standard InChI is InChI=1S/C11H14ClNO2/c1-2-13(8-7-11(14)15)10-6-4-3-5-9(10)12/h3-6H,2,7-8H2,1H3,(H,14,15). The number of para-hydroxylation sites is 1. The quantitative estimate of drug-likeness (QED) is 0.841. The van der Waals surface area contributed by atoms with E-state index in [0.717, 1.165) is 12.2 Å². The topological polar surface area (TPSA) is 40.5 Å². The fourth-order valence-electron chi connectivity index (χ4n) is 1.39. The molecule has 1 rings (SSSR count). The maximum absolute atomic E-state index is 10.5. The Bertz CT molecular complexity index is 341. The fourth-order valence-corrected chi connectivity index (χ4v) is 1.64. The number of carboxylic acid groups (broad SMARTS) is 1. The molecule has 15 heavy (non-hydrogen) atoms. The number of nitrogens with zero attached hydrogens (tertiary/aromatic N) is 1. The van der Waals surface area contributed by atoms with Crippen molar-refractivity contribution in [3.8, 4) is 0 Å². The Morgan fingerprint density at radius 2 is 2.13 bits per heavy atom. The molecule has 0 saturated carbocycles. The zero-order valence-electron chi connectivity index (χ0n) is 8.61. The van der Waals surface area contributed by atoms with Crippen LogP contribution in [-0.4, -0.2) is 24.2 Å². The summed E-state index contributed by atoms with van der Waals surface area (Å²) in [5.41, 5.74) is 0.892. The second-order valence-electron chi connectivity index (χ2n) is 3.17. The SMILES string of the molecule is CCN(CCC(=O)O)c1ccccc1Cl. The van der Waals surface area contributed by atoms with Crippen LogP contribution in [0.25, 0.3) is 0 Å². The van der Waals surface area contributed by atoms with Crippen LogP contribution in [-0.2, 0) is 4.79 Å². The molecule has 3 nitrogen and oxygen atoms in total. The zero-order valence-corrected chi connectivity index (χ0v) is 9.37. The highest BCUT2D eigenvalue weighted by Gasteiger charge is 2.09. The predicted octanol–water partition coefficient (Wildman–Crippen LogP) is 2.64. The number of carbonyl (C=O) groups is 1. The van der Waals surface area contributed by atoms with Gasteiger partial charge in [0, 0.05) is 13.1 Å². The van der Waals surface area contributed by atoms with Gasteiger partial charge in [-0.25, -0.2) is 0 Å². The molecule has 0 heterocycles. The van der Waals surface area contributed by atoms with E-state index >= 15 is 0 Å². The summed E-state index contributed by atoms with van der Waals surface area (Å²) >= 11 is 6.02. The summed E-state index contributed by atoms with van der Waals surface area (Å²) in [6.07, 6.45) is 0.124. The van der Waals surface area contributed by atoms with Crippen molar-refractivity contribution in [1.82, 2.24) is 0 Å². The Kier molecular flexibility index (Phi) is 4.43. The normalized spacial score (nSPS) is 10.0. The van der Waals surface area contributed by atoms with Crippen LogP contribution in [0.2, 0.25) is 5.02 Å². The lowest BCUT2D eigenvalue weighted by molar-refractivity contribution is -0.136. The lowest BCUT2D eigenvalue weighted by Gasteiger charge is -2.23. The Labute approximate surface area is 94.3 Å². The molecule has 0 aliphatic heterocycles. The first-order valence-corrected chi connectivity index (χ1v) is 5.24. The van der Waals surface area contributed by atoms with Crippen molar-refractivity contribution in [2.24, 2.45) is 0 Å². The summed E-state index contributed by atoms with van der Waals surface area (Å²) < 4.78 is 0. The van der Waals surface area contributed by atoms with Crippen LogP contribution >= 0.6 is 11.6 Å². The van der Waals surface area contributed by atoms with E-state index in [2.05, 4.69) is 0 Å². The van der Waals surface area contributed by atoms with E-state index in [-0.39, 0.29) is 6.42 Å². The van der Waals surface area contributed by atoms with Gasteiger partial charge in [0.25, 0.3) is 0 Å². The number of aliphatic carboxylic acids is 1. The molecule has 0 fully saturated rings. The maximum atomic E-state index is 10.5. The van der Waals surface area contributed by atoms with Gasteiger partial charge >= 0.3 is 5.97 Å². The van der Waals surface area contributed by atoms with Gasteiger partial charge in [-0.1, -0.05) is 23.7 Å². The molecule has 0 aliphatic rings. The van der Waals surface area contributed by atoms with E-state index in [1.54, 1.807) is 6.07 Å². The van der Waals surface area contributed by atoms with Gasteiger partial charge in [-0.3, -0.25) is 4.79 Å². The molecule has 1 N–H and O–H groups in total. The molecule has 0 unspecified atom stereocenters. The predicted molar refractivity (Wildman–Crippen MR) is 61.6 cm³/mol. The zero-order chi connectivity index (χ0) is 11.3. The molecule has 1 aromatic carbocycles. The van der Waals surface area contributed by atoms with Crippen LogP contribution in [0, 0.1) is 0 Å². The van der Waals surface area contributed by atoms with Crippen molar-refractivity contribution in [2.75, 3.05) is 18.0 Å². The van der Waals surface area contributed by atoms with Gasteiger partial charge in [0.1, 0.15) is 0 Å². The van der Waals surface area contributed by atoms with Crippen molar-refractivity contribution in [3.05, 3.63) is 29.3 Å². The highest BCUT2D eigenvalue weighted by Crippen LogP contribution is 2.24. The molecule has 1 aromatic rings. The number of hydrogen-bond donors (Lipinski definition) is 1. The molecule has 0 bridgehead atoms. The Morgan fingerprint density at radius 1 is 1.47 bits per heavy atom. The second-order valence-corrected chi connectivity index (χ2v) is 3.58. The first kappa shape index (κ1) is 11.9. The first-order valence-electron chi connectivity index (χ1n) is 4.86. The van der Waals surface area contributed by atoms with E-state index in [1.165, 1.54) is 0 Å². The van der Waals surface area contributed by atoms with Crippen molar-refractivity contribution in [3.63, 3.8) is 0 Å². The lowest BCUT2D eigenvalue weighted by atomic mass is 10.2. The van der Waals surface area contributed by atoms with Gasteiger partial charge in [0.05, 0.1) is 17.1 Å². The van der Waals surface area contributed by atoms with E-state index in [9.17, 15) is 4.79 Å². The van der Waals surface area contributed by atoms with Crippen LogP contribution in [0.3, 0.4) is 0 Å². The van der Waals surface area contributed by atoms with Gasteiger partial charge in [-0.2, -0.15) is 0 Å². The van der Waals surface area contributed by atoms with Gasteiger partial charge in [-0.15, -0.1) is 0 Å². The highest BCUT2D eigenvalue weighted by molar-refractivity contribution is 6.33. The van der Waals surface area contributed by atoms with Crippen LogP contribution in [0.15, 0.2) is 24.3 Å². The van der Waals surface area contributed by atoms with Gasteiger partial charge in [0.15, 0.2) is 0 Å². The van der Waals surface area contributed by atoms with E-state index in [0.29, 0.717) is 11.6 Å². The smallest absolute Gasteiger partial charge is 0.305 e. The second kappa shape index (κ2) is 5.61. The summed E-state index contributed by atoms with van der Waals surface area (Å²) in [6, 6.07) is 7.45. The van der Waals surface area contributed by atoms with E-state index in [1.807, 2.05) is 30.0 Å². The maximum Gasteiger partial charge on any atom is 0.305 e. The number of carboxylic acids is 1. The molecule has 0 aromatic heterocycles. The van der Waals surface area contributed by atoms with E-state index < -0.39 is 5.97 Å². The number of rotatable bonds is 5. The van der Waals surface area contributed by atoms with Crippen molar-refractivity contribution < 1.29 is 9.90 Å². The third-order valence-electron chi connectivity index (χ3n) is 2.17. The summed E-state index contributed by atoms with van der Waals surface area (Å²) in [5, 5.41) is 9.27. The van der Waals surface area contributed by atoms with Gasteiger partial charge < -0.3 is 10.0 Å². The minimum Gasteiger partial charge on any atom is -0.481 e. The number of benzene rings is 1. The number of halogens is 1. The van der Waals surface area contributed by atoms with Crippen molar-refractivity contribution in [2.45, 2.75) is 13.3 Å². The van der Waals surface area contributed by atoms with Crippen LogP contribution in [0.1, 0.15) is 13.3 Å². The average molecular weight is 228 g/mol. The molecule has 0 amide bonds. The molecule has 0 spiro atoms. The Morgan fingerprint density at radius 3 is 2.67 bits per heavy atom. The van der Waals surface area contributed by atoms with Crippen molar-refractivity contribution >= 4 is 23.3 Å². The summed E-state index contributed by atoms with van der Waals surface area (Å²) in [4.78, 5) is 12.4. The summed E-state index contributed by atoms with van der Waals surface area (Å²) in [6.45, 7) is 3.21. The Balaban J connectivity index is 2.74.